The van der Waals surface area contributed by atoms with Crippen molar-refractivity contribution in [2.45, 2.75) is 39.5 Å². The highest BCUT2D eigenvalue weighted by molar-refractivity contribution is 6.01. The number of carboxylic acids is 1. The SMILES string of the molecule is Cc1cc(F)cc(C)c1C1=C(c2ccc(C=C3CN(CCCF)C3)cc2)c2ccc(C(=O)O)cc2CCC1. The summed E-state index contributed by atoms with van der Waals surface area (Å²) in [4.78, 5) is 13.9. The highest BCUT2D eigenvalue weighted by atomic mass is 19.1. The van der Waals surface area contributed by atoms with Crippen molar-refractivity contribution in [1.29, 1.82) is 0 Å². The monoisotopic (exact) mass is 513 g/mol. The predicted octanol–water partition coefficient (Wildman–Crippen LogP) is 7.49. The van der Waals surface area contributed by atoms with Crippen LogP contribution in [0.1, 0.15) is 68.6 Å². The van der Waals surface area contributed by atoms with Gasteiger partial charge < -0.3 is 5.11 Å². The molecule has 1 heterocycles. The van der Waals surface area contributed by atoms with Crippen LogP contribution in [0.2, 0.25) is 0 Å². The van der Waals surface area contributed by atoms with Crippen LogP contribution in [0, 0.1) is 19.7 Å². The second kappa shape index (κ2) is 11.0. The van der Waals surface area contributed by atoms with Crippen molar-refractivity contribution in [3.05, 3.63) is 110 Å². The third-order valence-electron chi connectivity index (χ3n) is 7.63. The fraction of sp³-hybridized carbons (Fsp3) is 0.303. The highest BCUT2D eigenvalue weighted by Gasteiger charge is 2.24. The van der Waals surface area contributed by atoms with E-state index in [-0.39, 0.29) is 12.5 Å². The van der Waals surface area contributed by atoms with Crippen LogP contribution in [0.15, 0.2) is 60.2 Å². The molecule has 38 heavy (non-hydrogen) atoms. The molecule has 0 amide bonds. The molecule has 0 aromatic heterocycles. The van der Waals surface area contributed by atoms with Crippen LogP contribution in [0.4, 0.5) is 8.78 Å². The molecule has 1 N–H and O–H groups in total. The van der Waals surface area contributed by atoms with Gasteiger partial charge in [0.05, 0.1) is 12.2 Å². The van der Waals surface area contributed by atoms with Crippen molar-refractivity contribution in [2.24, 2.45) is 0 Å². The summed E-state index contributed by atoms with van der Waals surface area (Å²) >= 11 is 0. The largest absolute Gasteiger partial charge is 0.478 e. The Morgan fingerprint density at radius 3 is 2.37 bits per heavy atom. The predicted molar refractivity (Wildman–Crippen MR) is 150 cm³/mol. The average molecular weight is 514 g/mol. The summed E-state index contributed by atoms with van der Waals surface area (Å²) in [7, 11) is 0. The molecule has 0 radical (unpaired) electrons. The van der Waals surface area contributed by atoms with Crippen LogP contribution in [-0.2, 0) is 6.42 Å². The first-order chi connectivity index (χ1) is 18.3. The average Bonchev–Trinajstić information content (AvgIpc) is 3.04. The van der Waals surface area contributed by atoms with E-state index in [1.54, 1.807) is 24.3 Å². The Hall–Kier alpha value is -3.57. The lowest BCUT2D eigenvalue weighted by atomic mass is 9.84. The van der Waals surface area contributed by atoms with Gasteiger partial charge in [-0.2, -0.15) is 0 Å². The van der Waals surface area contributed by atoms with E-state index in [0.29, 0.717) is 12.0 Å². The first kappa shape index (κ1) is 26.1. The molecule has 0 atom stereocenters. The Labute approximate surface area is 223 Å². The summed E-state index contributed by atoms with van der Waals surface area (Å²) in [6.45, 7) is 6.22. The van der Waals surface area contributed by atoms with E-state index in [4.69, 9.17) is 0 Å². The number of aromatic carboxylic acids is 1. The quantitative estimate of drug-likeness (QED) is 0.356. The number of fused-ring (bicyclic) bond motifs is 1. The number of aryl methyl sites for hydroxylation is 3. The maximum Gasteiger partial charge on any atom is 0.335 e. The number of carbonyl (C=O) groups is 1. The molecule has 0 bridgehead atoms. The Morgan fingerprint density at radius 2 is 1.71 bits per heavy atom. The van der Waals surface area contributed by atoms with Crippen molar-refractivity contribution < 1.29 is 18.7 Å². The fourth-order valence-electron chi connectivity index (χ4n) is 5.93. The van der Waals surface area contributed by atoms with Crippen LogP contribution in [0.3, 0.4) is 0 Å². The van der Waals surface area contributed by atoms with Crippen molar-refractivity contribution in [3.63, 3.8) is 0 Å². The topological polar surface area (TPSA) is 40.5 Å². The van der Waals surface area contributed by atoms with E-state index in [0.717, 1.165) is 83.4 Å². The molecular formula is C33H33F2NO2. The van der Waals surface area contributed by atoms with Gasteiger partial charge in [-0.3, -0.25) is 9.29 Å². The van der Waals surface area contributed by atoms with Gasteiger partial charge in [-0.25, -0.2) is 9.18 Å². The number of halogens is 2. The smallest absolute Gasteiger partial charge is 0.335 e. The molecule has 196 valence electrons. The molecule has 1 fully saturated rings. The summed E-state index contributed by atoms with van der Waals surface area (Å²) < 4.78 is 26.6. The molecule has 0 saturated carbocycles. The number of rotatable bonds is 7. The number of carboxylic acid groups (broad SMARTS) is 1. The summed E-state index contributed by atoms with van der Waals surface area (Å²) in [5, 5.41) is 9.58. The lowest BCUT2D eigenvalue weighted by Gasteiger charge is -2.33. The number of hydrogen-bond donors (Lipinski definition) is 1. The maximum atomic E-state index is 14.2. The molecule has 0 unspecified atom stereocenters. The van der Waals surface area contributed by atoms with Gasteiger partial charge in [0.15, 0.2) is 0 Å². The van der Waals surface area contributed by atoms with Crippen LogP contribution in [0.5, 0.6) is 0 Å². The second-order valence-corrected chi connectivity index (χ2v) is 10.5. The Kier molecular flexibility index (Phi) is 7.57. The molecule has 5 heteroatoms. The lowest BCUT2D eigenvalue weighted by molar-refractivity contribution is 0.0696. The lowest BCUT2D eigenvalue weighted by Crippen LogP contribution is -2.40. The number of allylic oxidation sites excluding steroid dienone is 1. The van der Waals surface area contributed by atoms with Crippen molar-refractivity contribution in [3.8, 4) is 0 Å². The molecule has 0 spiro atoms. The number of nitrogens with zero attached hydrogens (tertiary/aromatic N) is 1. The zero-order valence-electron chi connectivity index (χ0n) is 22.0. The number of likely N-dealkylation sites (tertiary alicyclic amines) is 1. The van der Waals surface area contributed by atoms with Gasteiger partial charge in [0, 0.05) is 19.6 Å². The van der Waals surface area contributed by atoms with Gasteiger partial charge >= 0.3 is 5.97 Å². The Balaban J connectivity index is 1.58. The van der Waals surface area contributed by atoms with E-state index >= 15 is 0 Å². The standard InChI is InChI=1S/C33H33F2NO2/c1-21-15-28(35)16-22(2)31(21)30-6-3-5-26-18-27(33(37)38)11-12-29(26)32(30)25-9-7-23(8-10-25)17-24-19-36(20-24)14-4-13-34/h7-12,15-18H,3-6,13-14,19-20H2,1-2H3,(H,37,38). The minimum Gasteiger partial charge on any atom is -0.478 e. The molecular weight excluding hydrogens is 480 g/mol. The van der Waals surface area contributed by atoms with E-state index in [1.807, 2.05) is 19.9 Å². The van der Waals surface area contributed by atoms with Gasteiger partial charge in [0.2, 0.25) is 0 Å². The van der Waals surface area contributed by atoms with Crippen molar-refractivity contribution in [2.75, 3.05) is 26.3 Å². The van der Waals surface area contributed by atoms with E-state index in [2.05, 4.69) is 35.2 Å². The molecule has 3 nitrogen and oxygen atoms in total. The number of alkyl halides is 1. The van der Waals surface area contributed by atoms with Crippen LogP contribution >= 0.6 is 0 Å². The summed E-state index contributed by atoms with van der Waals surface area (Å²) in [5.41, 5.74) is 11.1. The Morgan fingerprint density at radius 1 is 1.00 bits per heavy atom. The second-order valence-electron chi connectivity index (χ2n) is 10.5. The van der Waals surface area contributed by atoms with E-state index in [1.165, 1.54) is 11.1 Å². The summed E-state index contributed by atoms with van der Waals surface area (Å²) in [5.74, 6) is -1.16. The minimum atomic E-state index is -0.926. The summed E-state index contributed by atoms with van der Waals surface area (Å²) in [6, 6.07) is 17.1. The number of hydrogen-bond acceptors (Lipinski definition) is 2. The maximum absolute atomic E-state index is 14.2. The zero-order valence-corrected chi connectivity index (χ0v) is 22.0. The third-order valence-corrected chi connectivity index (χ3v) is 7.63. The molecule has 1 aliphatic carbocycles. The molecule has 1 aliphatic heterocycles. The molecule has 1 saturated heterocycles. The number of benzene rings is 3. The molecule has 3 aromatic rings. The first-order valence-electron chi connectivity index (χ1n) is 13.3. The van der Waals surface area contributed by atoms with Gasteiger partial charge in [-0.05, 0) is 119 Å². The normalized spacial score (nSPS) is 15.6. The van der Waals surface area contributed by atoms with Gasteiger partial charge in [0.25, 0.3) is 0 Å². The third kappa shape index (κ3) is 5.34. The zero-order chi connectivity index (χ0) is 26.8. The molecule has 5 rings (SSSR count). The van der Waals surface area contributed by atoms with Gasteiger partial charge in [0.1, 0.15) is 5.82 Å². The molecule has 2 aliphatic rings. The summed E-state index contributed by atoms with van der Waals surface area (Å²) in [6.07, 6.45) is 5.28. The van der Waals surface area contributed by atoms with Crippen LogP contribution < -0.4 is 0 Å². The van der Waals surface area contributed by atoms with Crippen molar-refractivity contribution >= 4 is 23.2 Å². The van der Waals surface area contributed by atoms with Crippen LogP contribution in [-0.4, -0.2) is 42.3 Å². The van der Waals surface area contributed by atoms with Gasteiger partial charge in [-0.1, -0.05) is 36.4 Å². The minimum absolute atomic E-state index is 0.234. The highest BCUT2D eigenvalue weighted by Crippen LogP contribution is 2.42. The van der Waals surface area contributed by atoms with Crippen LogP contribution in [0.25, 0.3) is 17.2 Å². The van der Waals surface area contributed by atoms with Crippen molar-refractivity contribution in [1.82, 2.24) is 4.90 Å². The Bertz CT molecular complexity index is 1400. The van der Waals surface area contributed by atoms with E-state index < -0.39 is 5.97 Å². The van der Waals surface area contributed by atoms with Gasteiger partial charge in [-0.15, -0.1) is 0 Å². The van der Waals surface area contributed by atoms with E-state index in [9.17, 15) is 18.7 Å². The fourth-order valence-corrected chi connectivity index (χ4v) is 5.93. The first-order valence-corrected chi connectivity index (χ1v) is 13.3. The molecule has 3 aromatic carbocycles.